The first-order valence-corrected chi connectivity index (χ1v) is 7.08. The number of anilines is 1. The molecule has 0 spiro atoms. The van der Waals surface area contributed by atoms with Crippen molar-refractivity contribution in [2.24, 2.45) is 0 Å². The molecular weight excluding hydrogens is 272 g/mol. The van der Waals surface area contributed by atoms with Gasteiger partial charge in [0, 0.05) is 6.20 Å². The van der Waals surface area contributed by atoms with Gasteiger partial charge in [0.2, 0.25) is 5.91 Å². The molecule has 0 aliphatic heterocycles. The highest BCUT2D eigenvalue weighted by Crippen LogP contribution is 2.26. The molecule has 0 aliphatic rings. The molecule has 0 radical (unpaired) electrons. The molecule has 3 rings (SSSR count). The molecule has 0 saturated carbocycles. The van der Waals surface area contributed by atoms with Gasteiger partial charge in [-0.1, -0.05) is 17.4 Å². The molecule has 3 aromatic rings. The Morgan fingerprint density at radius 2 is 2.20 bits per heavy atom. The average molecular weight is 286 g/mol. The van der Waals surface area contributed by atoms with Crippen LogP contribution in [0.3, 0.4) is 0 Å². The van der Waals surface area contributed by atoms with Crippen molar-refractivity contribution in [3.05, 3.63) is 41.7 Å². The van der Waals surface area contributed by atoms with Crippen molar-refractivity contribution in [2.45, 2.75) is 20.4 Å². The third-order valence-electron chi connectivity index (χ3n) is 2.86. The maximum absolute atomic E-state index is 11.9. The monoisotopic (exact) mass is 286 g/mol. The van der Waals surface area contributed by atoms with E-state index in [0.29, 0.717) is 5.13 Å². The third kappa shape index (κ3) is 2.70. The smallest absolute Gasteiger partial charge is 0.247 e. The largest absolute Gasteiger partial charge is 0.300 e. The van der Waals surface area contributed by atoms with Crippen LogP contribution in [0.5, 0.6) is 0 Å². The summed E-state index contributed by atoms with van der Waals surface area (Å²) in [4.78, 5) is 16.3. The second-order valence-electron chi connectivity index (χ2n) is 4.75. The number of hydrogen-bond donors (Lipinski definition) is 1. The molecule has 0 atom stereocenters. The first kappa shape index (κ1) is 12.8. The number of thiazole rings is 1. The highest BCUT2D eigenvalue weighted by atomic mass is 32.1. The summed E-state index contributed by atoms with van der Waals surface area (Å²) >= 11 is 1.48. The lowest BCUT2D eigenvalue weighted by Crippen LogP contribution is -2.18. The van der Waals surface area contributed by atoms with E-state index in [4.69, 9.17) is 0 Å². The second-order valence-corrected chi connectivity index (χ2v) is 5.78. The highest BCUT2D eigenvalue weighted by Gasteiger charge is 2.09. The maximum atomic E-state index is 11.9. The number of carbonyl (C=O) groups is 1. The van der Waals surface area contributed by atoms with Gasteiger partial charge in [-0.2, -0.15) is 5.10 Å². The van der Waals surface area contributed by atoms with E-state index in [2.05, 4.69) is 21.5 Å². The number of nitrogens with one attached hydrogen (secondary N) is 1. The van der Waals surface area contributed by atoms with Crippen molar-refractivity contribution in [1.29, 1.82) is 0 Å². The quantitative estimate of drug-likeness (QED) is 0.805. The fourth-order valence-corrected chi connectivity index (χ4v) is 2.92. The summed E-state index contributed by atoms with van der Waals surface area (Å²) in [7, 11) is 0. The maximum Gasteiger partial charge on any atom is 0.247 e. The second kappa shape index (κ2) is 5.05. The van der Waals surface area contributed by atoms with Gasteiger partial charge in [-0.15, -0.1) is 0 Å². The number of aromatic nitrogens is 3. The van der Waals surface area contributed by atoms with Crippen LogP contribution in [0.4, 0.5) is 5.13 Å². The molecule has 1 aromatic carbocycles. The van der Waals surface area contributed by atoms with Gasteiger partial charge in [0.15, 0.2) is 5.13 Å². The van der Waals surface area contributed by atoms with E-state index in [1.54, 1.807) is 10.9 Å². The lowest BCUT2D eigenvalue weighted by molar-refractivity contribution is -0.116. The molecule has 102 valence electrons. The topological polar surface area (TPSA) is 59.8 Å². The summed E-state index contributed by atoms with van der Waals surface area (Å²) in [5.74, 6) is -0.121. The minimum Gasteiger partial charge on any atom is -0.300 e. The van der Waals surface area contributed by atoms with E-state index in [-0.39, 0.29) is 12.5 Å². The first-order chi connectivity index (χ1) is 9.60. The number of hydrogen-bond acceptors (Lipinski definition) is 4. The molecule has 0 saturated heterocycles. The van der Waals surface area contributed by atoms with E-state index >= 15 is 0 Å². The molecule has 5 nitrogen and oxygen atoms in total. The van der Waals surface area contributed by atoms with Gasteiger partial charge < -0.3 is 5.32 Å². The van der Waals surface area contributed by atoms with Crippen LogP contribution in [0.1, 0.15) is 11.1 Å². The molecule has 1 amide bonds. The minimum atomic E-state index is -0.121. The average Bonchev–Trinajstić information content (AvgIpc) is 2.94. The molecule has 0 bridgehead atoms. The van der Waals surface area contributed by atoms with Crippen LogP contribution in [0.15, 0.2) is 30.6 Å². The van der Waals surface area contributed by atoms with Crippen molar-refractivity contribution >= 4 is 32.6 Å². The predicted molar refractivity (Wildman–Crippen MR) is 80.0 cm³/mol. The van der Waals surface area contributed by atoms with Crippen LogP contribution in [0.2, 0.25) is 0 Å². The standard InChI is InChI=1S/C14H14N4OS/c1-9-3-4-11-12(5-9)20-14(16-11)17-13(19)8-18-7-10(2)6-15-18/h3-7H,8H2,1-2H3,(H,16,17,19). The number of benzene rings is 1. The molecule has 2 heterocycles. The van der Waals surface area contributed by atoms with Gasteiger partial charge in [0.25, 0.3) is 0 Å². The number of nitrogens with zero attached hydrogens (tertiary/aromatic N) is 3. The fourth-order valence-electron chi connectivity index (χ4n) is 1.94. The van der Waals surface area contributed by atoms with E-state index in [1.165, 1.54) is 16.9 Å². The summed E-state index contributed by atoms with van der Waals surface area (Å²) in [6.07, 6.45) is 3.56. The van der Waals surface area contributed by atoms with Crippen LogP contribution in [-0.4, -0.2) is 20.7 Å². The lowest BCUT2D eigenvalue weighted by atomic mass is 10.2. The Bertz CT molecular complexity index is 774. The number of amides is 1. The zero-order valence-corrected chi connectivity index (χ0v) is 12.1. The van der Waals surface area contributed by atoms with Gasteiger partial charge in [-0.25, -0.2) is 4.98 Å². The van der Waals surface area contributed by atoms with Crippen molar-refractivity contribution in [1.82, 2.24) is 14.8 Å². The van der Waals surface area contributed by atoms with Gasteiger partial charge in [0.1, 0.15) is 6.54 Å². The zero-order valence-electron chi connectivity index (χ0n) is 11.3. The molecule has 6 heteroatoms. The predicted octanol–water partition coefficient (Wildman–Crippen LogP) is 2.75. The summed E-state index contributed by atoms with van der Waals surface area (Å²) in [5.41, 5.74) is 3.13. The fraction of sp³-hybridized carbons (Fsp3) is 0.214. The van der Waals surface area contributed by atoms with E-state index < -0.39 is 0 Å². The molecule has 0 unspecified atom stereocenters. The van der Waals surface area contributed by atoms with Gasteiger partial charge in [-0.3, -0.25) is 9.48 Å². The molecule has 1 N–H and O–H groups in total. The van der Waals surface area contributed by atoms with Gasteiger partial charge in [-0.05, 0) is 37.1 Å². The first-order valence-electron chi connectivity index (χ1n) is 6.26. The van der Waals surface area contributed by atoms with Crippen LogP contribution in [0, 0.1) is 13.8 Å². The Labute approximate surface area is 120 Å². The van der Waals surface area contributed by atoms with Crippen LogP contribution in [-0.2, 0) is 11.3 Å². The summed E-state index contributed by atoms with van der Waals surface area (Å²) < 4.78 is 2.69. The summed E-state index contributed by atoms with van der Waals surface area (Å²) in [6, 6.07) is 6.05. The zero-order chi connectivity index (χ0) is 14.1. The normalized spacial score (nSPS) is 10.9. The highest BCUT2D eigenvalue weighted by molar-refractivity contribution is 7.22. The Morgan fingerprint density at radius 1 is 1.35 bits per heavy atom. The third-order valence-corrected chi connectivity index (χ3v) is 3.79. The van der Waals surface area contributed by atoms with Gasteiger partial charge >= 0.3 is 0 Å². The Hall–Kier alpha value is -2.21. The van der Waals surface area contributed by atoms with Crippen LogP contribution < -0.4 is 5.32 Å². The number of rotatable bonds is 3. The van der Waals surface area contributed by atoms with Crippen molar-refractivity contribution in [3.8, 4) is 0 Å². The molecule has 0 aliphatic carbocycles. The minimum absolute atomic E-state index is 0.121. The van der Waals surface area contributed by atoms with Gasteiger partial charge in [0.05, 0.1) is 16.4 Å². The molecule has 0 fully saturated rings. The summed E-state index contributed by atoms with van der Waals surface area (Å²) in [6.45, 7) is 4.18. The molecular formula is C14H14N4OS. The Kier molecular flexibility index (Phi) is 3.23. The van der Waals surface area contributed by atoms with Crippen LogP contribution in [0.25, 0.3) is 10.2 Å². The Morgan fingerprint density at radius 3 is 2.95 bits per heavy atom. The lowest BCUT2D eigenvalue weighted by Gasteiger charge is -2.01. The number of carbonyl (C=O) groups excluding carboxylic acids is 1. The van der Waals surface area contributed by atoms with Crippen molar-refractivity contribution in [2.75, 3.05) is 5.32 Å². The number of aryl methyl sites for hydroxylation is 2. The van der Waals surface area contributed by atoms with E-state index in [9.17, 15) is 4.79 Å². The van der Waals surface area contributed by atoms with Crippen LogP contribution >= 0.6 is 11.3 Å². The molecule has 20 heavy (non-hydrogen) atoms. The number of fused-ring (bicyclic) bond motifs is 1. The van der Waals surface area contributed by atoms with E-state index in [1.807, 2.05) is 32.2 Å². The van der Waals surface area contributed by atoms with Crippen molar-refractivity contribution in [3.63, 3.8) is 0 Å². The van der Waals surface area contributed by atoms with E-state index in [0.717, 1.165) is 15.8 Å². The Balaban J connectivity index is 1.73. The SMILES string of the molecule is Cc1ccc2nc(NC(=O)Cn3cc(C)cn3)sc2c1. The molecule has 2 aromatic heterocycles. The summed E-state index contributed by atoms with van der Waals surface area (Å²) in [5, 5.41) is 7.53. The van der Waals surface area contributed by atoms with Crippen molar-refractivity contribution < 1.29 is 4.79 Å².